The van der Waals surface area contributed by atoms with Crippen LogP contribution in [0.4, 0.5) is 0 Å². The van der Waals surface area contributed by atoms with Gasteiger partial charge in [0.15, 0.2) is 0 Å². The van der Waals surface area contributed by atoms with E-state index in [1.807, 2.05) is 30.3 Å². The number of unbranched alkanes of at least 4 members (excludes halogenated alkanes) is 5. The molecule has 3 aromatic rings. The summed E-state index contributed by atoms with van der Waals surface area (Å²) in [7, 11) is 0. The summed E-state index contributed by atoms with van der Waals surface area (Å²) in [5, 5.41) is 1.13. The van der Waals surface area contributed by atoms with Crippen molar-refractivity contribution in [1.29, 1.82) is 0 Å². The summed E-state index contributed by atoms with van der Waals surface area (Å²) in [5.41, 5.74) is 4.03. The lowest BCUT2D eigenvalue weighted by Gasteiger charge is -2.14. The molecule has 27 heavy (non-hydrogen) atoms. The van der Waals surface area contributed by atoms with Crippen LogP contribution in [-0.4, -0.2) is 11.6 Å². The maximum Gasteiger partial charge on any atom is 0.127 e. The number of hydrogen-bond donors (Lipinski definition) is 0. The fourth-order valence-electron chi connectivity index (χ4n) is 3.38. The molecule has 0 amide bonds. The molecule has 3 rings (SSSR count). The van der Waals surface area contributed by atoms with Crippen LogP contribution in [-0.2, 0) is 0 Å². The van der Waals surface area contributed by atoms with Crippen molar-refractivity contribution >= 4 is 17.0 Å². The van der Waals surface area contributed by atoms with Gasteiger partial charge in [-0.1, -0.05) is 82.0 Å². The lowest BCUT2D eigenvalue weighted by molar-refractivity contribution is 0.305. The molecule has 0 aliphatic carbocycles. The molecule has 0 aliphatic heterocycles. The van der Waals surface area contributed by atoms with Gasteiger partial charge in [0.2, 0.25) is 0 Å². The third-order valence-corrected chi connectivity index (χ3v) is 4.88. The summed E-state index contributed by atoms with van der Waals surface area (Å²) in [5.74, 6) is 0.922. The first-order chi connectivity index (χ1) is 13.3. The second-order valence-electron chi connectivity index (χ2n) is 6.93. The zero-order valence-electron chi connectivity index (χ0n) is 16.3. The summed E-state index contributed by atoms with van der Waals surface area (Å²) >= 11 is 0. The van der Waals surface area contributed by atoms with Gasteiger partial charge in [-0.2, -0.15) is 0 Å². The molecule has 0 fully saturated rings. The zero-order chi connectivity index (χ0) is 18.9. The molecule has 1 aromatic heterocycles. The topological polar surface area (TPSA) is 22.1 Å². The van der Waals surface area contributed by atoms with Crippen molar-refractivity contribution in [1.82, 2.24) is 4.98 Å². The summed E-state index contributed by atoms with van der Waals surface area (Å²) < 4.78 is 6.15. The SMILES string of the molecule is C=Cc1nc2ccccc2cc1-c1ccccc1OCCCCCCCC. The van der Waals surface area contributed by atoms with Crippen molar-refractivity contribution in [2.75, 3.05) is 6.61 Å². The summed E-state index contributed by atoms with van der Waals surface area (Å²) in [6.07, 6.45) is 9.41. The molecule has 2 aromatic carbocycles. The van der Waals surface area contributed by atoms with Crippen LogP contribution in [0, 0.1) is 0 Å². The smallest absolute Gasteiger partial charge is 0.127 e. The van der Waals surface area contributed by atoms with Crippen LogP contribution in [0.1, 0.15) is 51.1 Å². The van der Waals surface area contributed by atoms with Crippen LogP contribution in [0.15, 0.2) is 61.2 Å². The minimum Gasteiger partial charge on any atom is -0.493 e. The average molecular weight is 360 g/mol. The predicted molar refractivity (Wildman–Crippen MR) is 116 cm³/mol. The number of hydrogen-bond acceptors (Lipinski definition) is 2. The highest BCUT2D eigenvalue weighted by Crippen LogP contribution is 2.34. The fraction of sp³-hybridized carbons (Fsp3) is 0.320. The standard InChI is InChI=1S/C25H29NO/c1-3-5-6-7-8-13-18-27-25-17-12-10-15-21(25)22-19-20-14-9-11-16-24(20)26-23(22)4-2/h4,9-12,14-17,19H,2-3,5-8,13,18H2,1H3. The van der Waals surface area contributed by atoms with Crippen LogP contribution in [0.5, 0.6) is 5.75 Å². The molecular formula is C25H29NO. The summed E-state index contributed by atoms with van der Waals surface area (Å²) in [6, 6.07) is 18.6. The van der Waals surface area contributed by atoms with Gasteiger partial charge in [-0.05, 0) is 30.7 Å². The molecule has 1 heterocycles. The fourth-order valence-corrected chi connectivity index (χ4v) is 3.38. The maximum atomic E-state index is 6.15. The number of para-hydroxylation sites is 2. The highest BCUT2D eigenvalue weighted by molar-refractivity contribution is 5.88. The Labute approximate surface area is 162 Å². The average Bonchev–Trinajstić information content (AvgIpc) is 2.72. The summed E-state index contributed by atoms with van der Waals surface area (Å²) in [6.45, 7) is 6.97. The largest absolute Gasteiger partial charge is 0.493 e. The molecule has 0 atom stereocenters. The van der Waals surface area contributed by atoms with Crippen molar-refractivity contribution < 1.29 is 4.74 Å². The van der Waals surface area contributed by atoms with Crippen molar-refractivity contribution in [2.45, 2.75) is 45.4 Å². The maximum absolute atomic E-state index is 6.15. The normalized spacial score (nSPS) is 10.9. The van der Waals surface area contributed by atoms with Crippen LogP contribution in [0.3, 0.4) is 0 Å². The Morgan fingerprint density at radius 3 is 2.48 bits per heavy atom. The van der Waals surface area contributed by atoms with E-state index >= 15 is 0 Å². The van der Waals surface area contributed by atoms with E-state index in [1.165, 1.54) is 32.1 Å². The first-order valence-corrected chi connectivity index (χ1v) is 10.1. The van der Waals surface area contributed by atoms with E-state index in [0.29, 0.717) is 0 Å². The highest BCUT2D eigenvalue weighted by Gasteiger charge is 2.11. The first-order valence-electron chi connectivity index (χ1n) is 10.1. The van der Waals surface area contributed by atoms with E-state index in [0.717, 1.165) is 46.5 Å². The molecule has 140 valence electrons. The van der Waals surface area contributed by atoms with Gasteiger partial charge in [0, 0.05) is 16.5 Å². The monoisotopic (exact) mass is 359 g/mol. The lowest BCUT2D eigenvalue weighted by atomic mass is 10.0. The summed E-state index contributed by atoms with van der Waals surface area (Å²) in [4.78, 5) is 4.78. The first kappa shape index (κ1) is 19.2. The van der Waals surface area contributed by atoms with Crippen molar-refractivity contribution in [3.8, 4) is 16.9 Å². The van der Waals surface area contributed by atoms with Gasteiger partial charge in [-0.15, -0.1) is 0 Å². The van der Waals surface area contributed by atoms with Crippen molar-refractivity contribution in [2.24, 2.45) is 0 Å². The van der Waals surface area contributed by atoms with E-state index in [4.69, 9.17) is 9.72 Å². The number of benzene rings is 2. The van der Waals surface area contributed by atoms with Gasteiger partial charge in [-0.25, -0.2) is 4.98 Å². The molecule has 0 spiro atoms. The van der Waals surface area contributed by atoms with Gasteiger partial charge < -0.3 is 4.74 Å². The Bertz CT molecular complexity index is 884. The molecular weight excluding hydrogens is 330 g/mol. The Hall–Kier alpha value is -2.61. The number of nitrogens with zero attached hydrogens (tertiary/aromatic N) is 1. The van der Waals surface area contributed by atoms with Crippen LogP contribution in [0.2, 0.25) is 0 Å². The number of pyridine rings is 1. The van der Waals surface area contributed by atoms with E-state index in [9.17, 15) is 0 Å². The molecule has 0 aliphatic rings. The molecule has 0 radical (unpaired) electrons. The van der Waals surface area contributed by atoms with E-state index in [-0.39, 0.29) is 0 Å². The Morgan fingerprint density at radius 1 is 0.889 bits per heavy atom. The van der Waals surface area contributed by atoms with E-state index in [1.54, 1.807) is 0 Å². The molecule has 0 bridgehead atoms. The Balaban J connectivity index is 1.77. The van der Waals surface area contributed by atoms with Gasteiger partial charge in [0.25, 0.3) is 0 Å². The molecule has 2 heteroatoms. The highest BCUT2D eigenvalue weighted by atomic mass is 16.5. The predicted octanol–water partition coefficient (Wildman–Crippen LogP) is 7.28. The quantitative estimate of drug-likeness (QED) is 0.355. The van der Waals surface area contributed by atoms with Gasteiger partial charge in [-0.3, -0.25) is 0 Å². The van der Waals surface area contributed by atoms with Gasteiger partial charge in [0.05, 0.1) is 17.8 Å². The second-order valence-corrected chi connectivity index (χ2v) is 6.93. The van der Waals surface area contributed by atoms with Crippen molar-refractivity contribution in [3.63, 3.8) is 0 Å². The second kappa shape index (κ2) is 9.91. The van der Waals surface area contributed by atoms with Crippen LogP contribution < -0.4 is 4.74 Å². The Morgan fingerprint density at radius 2 is 1.63 bits per heavy atom. The third kappa shape index (κ3) is 4.97. The van der Waals surface area contributed by atoms with E-state index in [2.05, 4.69) is 43.8 Å². The van der Waals surface area contributed by atoms with Crippen LogP contribution in [0.25, 0.3) is 28.1 Å². The minimum absolute atomic E-state index is 0.758. The Kier molecular flexibility index (Phi) is 7.04. The molecule has 0 saturated carbocycles. The number of rotatable bonds is 10. The molecule has 0 N–H and O–H groups in total. The van der Waals surface area contributed by atoms with Crippen molar-refractivity contribution in [3.05, 3.63) is 66.9 Å². The molecule has 0 saturated heterocycles. The van der Waals surface area contributed by atoms with Crippen LogP contribution >= 0.6 is 0 Å². The van der Waals surface area contributed by atoms with Gasteiger partial charge >= 0.3 is 0 Å². The lowest BCUT2D eigenvalue weighted by Crippen LogP contribution is -2.00. The molecule has 0 unspecified atom stereocenters. The number of ether oxygens (including phenoxy) is 1. The van der Waals surface area contributed by atoms with E-state index < -0.39 is 0 Å². The third-order valence-electron chi connectivity index (χ3n) is 4.88. The van der Waals surface area contributed by atoms with Gasteiger partial charge in [0.1, 0.15) is 5.75 Å². The molecule has 2 nitrogen and oxygen atoms in total. The number of aromatic nitrogens is 1. The zero-order valence-corrected chi connectivity index (χ0v) is 16.3. The number of fused-ring (bicyclic) bond motifs is 1. The minimum atomic E-state index is 0.758.